The van der Waals surface area contributed by atoms with Gasteiger partial charge in [-0.1, -0.05) is 20.3 Å². The first-order valence-corrected chi connectivity index (χ1v) is 5.99. The number of nitrogens with two attached hydrogens (primary N) is 1. The molecule has 3 N–H and O–H groups in total. The fraction of sp³-hybridized carbons (Fsp3) is 1.00. The molecule has 0 heterocycles. The molecule has 1 rings (SSSR count). The maximum atomic E-state index is 5.98. The van der Waals surface area contributed by atoms with E-state index in [2.05, 4.69) is 24.1 Å². The number of rotatable bonds is 6. The van der Waals surface area contributed by atoms with Crippen LogP contribution in [0.3, 0.4) is 0 Å². The van der Waals surface area contributed by atoms with Crippen LogP contribution in [0.25, 0.3) is 0 Å². The van der Waals surface area contributed by atoms with Crippen molar-refractivity contribution in [2.45, 2.75) is 45.2 Å². The highest BCUT2D eigenvalue weighted by molar-refractivity contribution is 4.85. The first kappa shape index (κ1) is 12.0. The van der Waals surface area contributed by atoms with Gasteiger partial charge in [0.2, 0.25) is 0 Å². The van der Waals surface area contributed by atoms with Crippen LogP contribution in [0.4, 0.5) is 0 Å². The number of likely N-dealkylation sites (N-methyl/N-ethyl adjacent to an activating group) is 1. The quantitative estimate of drug-likeness (QED) is 0.665. The van der Waals surface area contributed by atoms with Gasteiger partial charge in [-0.15, -0.1) is 0 Å². The molecule has 0 bridgehead atoms. The largest absolute Gasteiger partial charge is 0.326 e. The summed E-state index contributed by atoms with van der Waals surface area (Å²) in [4.78, 5) is 2.44. The molecule has 3 nitrogen and oxygen atoms in total. The van der Waals surface area contributed by atoms with Crippen molar-refractivity contribution in [3.63, 3.8) is 0 Å². The fourth-order valence-corrected chi connectivity index (χ4v) is 2.19. The molecule has 0 aromatic carbocycles. The second-order valence-electron chi connectivity index (χ2n) is 4.18. The molecular weight excluding hydrogens is 174 g/mol. The zero-order chi connectivity index (χ0) is 10.4. The summed E-state index contributed by atoms with van der Waals surface area (Å²) in [6.07, 6.45) is 3.76. The maximum absolute atomic E-state index is 5.98. The molecule has 0 radical (unpaired) electrons. The van der Waals surface area contributed by atoms with Crippen LogP contribution >= 0.6 is 0 Å². The van der Waals surface area contributed by atoms with E-state index in [-0.39, 0.29) is 0 Å². The molecule has 0 unspecified atom stereocenters. The van der Waals surface area contributed by atoms with E-state index >= 15 is 0 Å². The van der Waals surface area contributed by atoms with Gasteiger partial charge in [-0.25, -0.2) is 0 Å². The Kier molecular flexibility index (Phi) is 5.45. The highest BCUT2D eigenvalue weighted by Crippen LogP contribution is 2.16. The van der Waals surface area contributed by atoms with Crippen molar-refractivity contribution in [3.8, 4) is 0 Å². The van der Waals surface area contributed by atoms with Crippen LogP contribution in [-0.2, 0) is 0 Å². The minimum absolute atomic E-state index is 0.395. The molecule has 0 aliphatic heterocycles. The average Bonchev–Trinajstić information content (AvgIpc) is 2.59. The van der Waals surface area contributed by atoms with Gasteiger partial charge in [0.15, 0.2) is 0 Å². The van der Waals surface area contributed by atoms with Crippen LogP contribution in [-0.4, -0.2) is 43.2 Å². The van der Waals surface area contributed by atoms with Gasteiger partial charge < -0.3 is 16.0 Å². The molecule has 84 valence electrons. The summed E-state index contributed by atoms with van der Waals surface area (Å²) < 4.78 is 0. The third-order valence-corrected chi connectivity index (χ3v) is 3.30. The van der Waals surface area contributed by atoms with Crippen LogP contribution in [0.2, 0.25) is 0 Å². The molecule has 0 spiro atoms. The van der Waals surface area contributed by atoms with E-state index in [0.717, 1.165) is 26.2 Å². The minimum atomic E-state index is 0.395. The third-order valence-electron chi connectivity index (χ3n) is 3.30. The summed E-state index contributed by atoms with van der Waals surface area (Å²) >= 11 is 0. The standard InChI is InChI=1S/C11H25N3/c1-3-14(4-2)9-8-13-11-7-5-6-10(11)12/h10-11,13H,3-9,12H2,1-2H3/t10-,11-/m0/s1. The summed E-state index contributed by atoms with van der Waals surface area (Å²) in [7, 11) is 0. The van der Waals surface area contributed by atoms with E-state index in [1.807, 2.05) is 0 Å². The van der Waals surface area contributed by atoms with E-state index < -0.39 is 0 Å². The summed E-state index contributed by atoms with van der Waals surface area (Å²) in [6.45, 7) is 8.95. The van der Waals surface area contributed by atoms with Crippen LogP contribution in [0.15, 0.2) is 0 Å². The van der Waals surface area contributed by atoms with Crippen molar-refractivity contribution >= 4 is 0 Å². The van der Waals surface area contributed by atoms with Gasteiger partial charge in [0.05, 0.1) is 0 Å². The molecule has 1 aliphatic rings. The molecule has 3 heteroatoms. The number of hydrogen-bond acceptors (Lipinski definition) is 3. The number of nitrogens with one attached hydrogen (secondary N) is 1. The van der Waals surface area contributed by atoms with Crippen molar-refractivity contribution < 1.29 is 0 Å². The Morgan fingerprint density at radius 1 is 1.29 bits per heavy atom. The first-order chi connectivity index (χ1) is 6.77. The molecular formula is C11H25N3. The average molecular weight is 199 g/mol. The molecule has 0 aromatic heterocycles. The Hall–Kier alpha value is -0.120. The molecule has 1 aliphatic carbocycles. The molecule has 1 saturated carbocycles. The van der Waals surface area contributed by atoms with Crippen molar-refractivity contribution in [3.05, 3.63) is 0 Å². The number of hydrogen-bond donors (Lipinski definition) is 2. The molecule has 14 heavy (non-hydrogen) atoms. The topological polar surface area (TPSA) is 41.3 Å². The predicted octanol–water partition coefficient (Wildman–Crippen LogP) is 0.798. The lowest BCUT2D eigenvalue weighted by molar-refractivity contribution is 0.294. The summed E-state index contributed by atoms with van der Waals surface area (Å²) in [6, 6.07) is 0.970. The van der Waals surface area contributed by atoms with Gasteiger partial charge >= 0.3 is 0 Å². The maximum Gasteiger partial charge on any atom is 0.0219 e. The van der Waals surface area contributed by atoms with Gasteiger partial charge in [-0.05, 0) is 25.9 Å². The number of nitrogens with zero attached hydrogens (tertiary/aromatic N) is 1. The highest BCUT2D eigenvalue weighted by atomic mass is 15.1. The van der Waals surface area contributed by atoms with Gasteiger partial charge in [-0.2, -0.15) is 0 Å². The van der Waals surface area contributed by atoms with Gasteiger partial charge in [0.25, 0.3) is 0 Å². The summed E-state index contributed by atoms with van der Waals surface area (Å²) in [5.74, 6) is 0. The van der Waals surface area contributed by atoms with E-state index in [1.165, 1.54) is 19.3 Å². The predicted molar refractivity (Wildman–Crippen MR) is 61.4 cm³/mol. The van der Waals surface area contributed by atoms with E-state index in [1.54, 1.807) is 0 Å². The minimum Gasteiger partial charge on any atom is -0.326 e. The van der Waals surface area contributed by atoms with Crippen molar-refractivity contribution in [1.82, 2.24) is 10.2 Å². The smallest absolute Gasteiger partial charge is 0.0219 e. The fourth-order valence-electron chi connectivity index (χ4n) is 2.19. The highest BCUT2D eigenvalue weighted by Gasteiger charge is 2.22. The SMILES string of the molecule is CCN(CC)CCN[C@H]1CCC[C@@H]1N. The molecule has 0 amide bonds. The van der Waals surface area contributed by atoms with Crippen LogP contribution in [0.1, 0.15) is 33.1 Å². The lowest BCUT2D eigenvalue weighted by Gasteiger charge is -2.21. The molecule has 0 aromatic rings. The summed E-state index contributed by atoms with van der Waals surface area (Å²) in [5, 5.41) is 3.56. The Labute approximate surface area is 88.0 Å². The van der Waals surface area contributed by atoms with Crippen molar-refractivity contribution in [2.75, 3.05) is 26.2 Å². The van der Waals surface area contributed by atoms with E-state index in [0.29, 0.717) is 12.1 Å². The lowest BCUT2D eigenvalue weighted by atomic mass is 10.2. The molecule has 0 saturated heterocycles. The van der Waals surface area contributed by atoms with Crippen LogP contribution < -0.4 is 11.1 Å². The Bertz CT molecular complexity index is 145. The zero-order valence-electron chi connectivity index (χ0n) is 9.63. The first-order valence-electron chi connectivity index (χ1n) is 5.99. The summed E-state index contributed by atoms with van der Waals surface area (Å²) in [5.41, 5.74) is 5.98. The van der Waals surface area contributed by atoms with Gasteiger partial charge in [0.1, 0.15) is 0 Å². The Morgan fingerprint density at radius 3 is 2.50 bits per heavy atom. The van der Waals surface area contributed by atoms with Crippen LogP contribution in [0, 0.1) is 0 Å². The second kappa shape index (κ2) is 6.38. The molecule has 1 fully saturated rings. The van der Waals surface area contributed by atoms with Gasteiger partial charge in [0, 0.05) is 25.2 Å². The lowest BCUT2D eigenvalue weighted by Crippen LogP contribution is -2.44. The Balaban J connectivity index is 2.08. The van der Waals surface area contributed by atoms with Gasteiger partial charge in [-0.3, -0.25) is 0 Å². The van der Waals surface area contributed by atoms with E-state index in [9.17, 15) is 0 Å². The van der Waals surface area contributed by atoms with E-state index in [4.69, 9.17) is 5.73 Å². The van der Waals surface area contributed by atoms with Crippen molar-refractivity contribution in [2.24, 2.45) is 5.73 Å². The monoisotopic (exact) mass is 199 g/mol. The van der Waals surface area contributed by atoms with Crippen molar-refractivity contribution in [1.29, 1.82) is 0 Å². The second-order valence-corrected chi connectivity index (χ2v) is 4.18. The zero-order valence-corrected chi connectivity index (χ0v) is 9.63. The molecule has 2 atom stereocenters. The Morgan fingerprint density at radius 2 is 2.00 bits per heavy atom. The normalized spacial score (nSPS) is 27.4. The van der Waals surface area contributed by atoms with Crippen LogP contribution in [0.5, 0.6) is 0 Å². The third kappa shape index (κ3) is 3.56.